The van der Waals surface area contributed by atoms with E-state index >= 15 is 0 Å². The van der Waals surface area contributed by atoms with E-state index in [9.17, 15) is 14.4 Å². The van der Waals surface area contributed by atoms with Crippen LogP contribution >= 0.6 is 0 Å². The number of aromatic nitrogens is 1. The molecule has 0 aliphatic heterocycles. The molecule has 0 bridgehead atoms. The highest BCUT2D eigenvalue weighted by molar-refractivity contribution is 6.45. The average molecular weight is 603 g/mol. The van der Waals surface area contributed by atoms with E-state index in [0.717, 1.165) is 80.6 Å². The van der Waals surface area contributed by atoms with Gasteiger partial charge in [0.2, 0.25) is 5.78 Å². The monoisotopic (exact) mass is 602 g/mol. The van der Waals surface area contributed by atoms with Gasteiger partial charge in [0.25, 0.3) is 0 Å². The summed E-state index contributed by atoms with van der Waals surface area (Å²) in [6, 6.07) is 20.0. The third-order valence-electron chi connectivity index (χ3n) is 8.90. The van der Waals surface area contributed by atoms with Crippen molar-refractivity contribution in [3.63, 3.8) is 0 Å². The summed E-state index contributed by atoms with van der Waals surface area (Å²) < 4.78 is 2.39. The molecule has 0 saturated carbocycles. The van der Waals surface area contributed by atoms with Crippen LogP contribution in [0.4, 0.5) is 0 Å². The molecule has 232 valence electrons. The van der Waals surface area contributed by atoms with E-state index in [-0.39, 0.29) is 17.3 Å². The number of carbonyl (C=O) groups excluding carboxylic acids is 3. The highest BCUT2D eigenvalue weighted by Crippen LogP contribution is 2.39. The number of ketones is 2. The number of fused-ring (bicyclic) bond motifs is 5. The third kappa shape index (κ3) is 6.19. The smallest absolute Gasteiger partial charge is 0.331 e. The molecule has 1 unspecified atom stereocenters. The third-order valence-corrected chi connectivity index (χ3v) is 8.90. The van der Waals surface area contributed by atoms with Crippen LogP contribution in [0.3, 0.4) is 0 Å². The van der Waals surface area contributed by atoms with Gasteiger partial charge in [-0.15, -0.1) is 0 Å². The molecule has 6 nitrogen and oxygen atoms in total. The van der Waals surface area contributed by atoms with Crippen LogP contribution in [0.2, 0.25) is 0 Å². The van der Waals surface area contributed by atoms with Gasteiger partial charge in [-0.1, -0.05) is 80.2 Å². The molecule has 5 rings (SSSR count). The lowest BCUT2D eigenvalue weighted by atomic mass is 9.89. The molecule has 0 N–H and O–H groups in total. The van der Waals surface area contributed by atoms with Crippen LogP contribution < -0.4 is 0 Å². The van der Waals surface area contributed by atoms with Gasteiger partial charge in [-0.25, -0.2) is 4.79 Å². The number of rotatable bonds is 11. The van der Waals surface area contributed by atoms with Crippen molar-refractivity contribution in [2.24, 2.45) is 11.1 Å². The molecule has 0 aliphatic rings. The van der Waals surface area contributed by atoms with Gasteiger partial charge < -0.3 is 9.40 Å². The van der Waals surface area contributed by atoms with Gasteiger partial charge in [0, 0.05) is 51.8 Å². The molecule has 45 heavy (non-hydrogen) atoms. The number of benzene rings is 4. The summed E-state index contributed by atoms with van der Waals surface area (Å²) in [5, 5.41) is 7.50. The van der Waals surface area contributed by atoms with Crippen LogP contribution in [-0.4, -0.2) is 27.8 Å². The van der Waals surface area contributed by atoms with Crippen molar-refractivity contribution in [3.8, 4) is 0 Å². The molecule has 4 aromatic carbocycles. The van der Waals surface area contributed by atoms with Crippen molar-refractivity contribution in [2.45, 2.75) is 80.7 Å². The van der Waals surface area contributed by atoms with Crippen LogP contribution in [0.25, 0.3) is 32.6 Å². The first kappa shape index (κ1) is 31.8. The molecule has 0 fully saturated rings. The number of oxime groups is 1. The molecular formula is C39H42N2O4. The molecular weight excluding hydrogens is 560 g/mol. The molecule has 1 atom stereocenters. The van der Waals surface area contributed by atoms with Gasteiger partial charge in [0.1, 0.15) is 5.71 Å². The Morgan fingerprint density at radius 3 is 2.18 bits per heavy atom. The summed E-state index contributed by atoms with van der Waals surface area (Å²) >= 11 is 0. The van der Waals surface area contributed by atoms with Crippen LogP contribution in [0.15, 0.2) is 65.8 Å². The predicted octanol–water partition coefficient (Wildman–Crippen LogP) is 9.44. The lowest BCUT2D eigenvalue weighted by Crippen LogP contribution is -2.12. The minimum Gasteiger partial charge on any atom is -0.340 e. The van der Waals surface area contributed by atoms with E-state index in [1.165, 1.54) is 20.3 Å². The first-order chi connectivity index (χ1) is 21.5. The Labute approximate surface area is 265 Å². The maximum atomic E-state index is 14.4. The van der Waals surface area contributed by atoms with Crippen molar-refractivity contribution in [1.29, 1.82) is 0 Å². The zero-order chi connectivity index (χ0) is 32.4. The fourth-order valence-corrected chi connectivity index (χ4v) is 6.71. The number of nitrogens with zero attached hydrogens (tertiary/aromatic N) is 2. The van der Waals surface area contributed by atoms with Crippen LogP contribution in [0, 0.1) is 26.7 Å². The standard InChI is InChI=1S/C39H42N2O4/c1-8-10-13-28(9-2)22-41-35-17-16-29(38(43)26(6)40-45-27(7)42)20-32(35)33-21-34(30-14-11-12-15-31(30)37(33)41)39(44)36-24(4)18-23(3)19-25(36)5/h11-12,14-21,28H,8-10,13,22H2,1-7H3. The molecule has 5 aromatic rings. The minimum atomic E-state index is -0.586. The normalized spacial score (nSPS) is 12.6. The maximum absolute atomic E-state index is 14.4. The topological polar surface area (TPSA) is 77.7 Å². The fraction of sp³-hybridized carbons (Fsp3) is 0.333. The van der Waals surface area contributed by atoms with Crippen LogP contribution in [0.1, 0.15) is 96.3 Å². The molecule has 6 heteroatoms. The SMILES string of the molecule is CCCCC(CC)Cn1c2ccc(C(=O)C(C)=NOC(C)=O)cc2c2cc(C(=O)c3c(C)cc(C)cc3C)c3ccccc3c21. The van der Waals surface area contributed by atoms with Gasteiger partial charge in [-0.2, -0.15) is 0 Å². The lowest BCUT2D eigenvalue weighted by Gasteiger charge is -2.19. The summed E-state index contributed by atoms with van der Waals surface area (Å²) in [5.41, 5.74) is 7.04. The summed E-state index contributed by atoms with van der Waals surface area (Å²) in [6.45, 7) is 14.1. The lowest BCUT2D eigenvalue weighted by molar-refractivity contribution is -0.140. The van der Waals surface area contributed by atoms with Crippen molar-refractivity contribution < 1.29 is 19.2 Å². The van der Waals surface area contributed by atoms with E-state index in [2.05, 4.69) is 41.8 Å². The Morgan fingerprint density at radius 1 is 0.844 bits per heavy atom. The average Bonchev–Trinajstić information content (AvgIpc) is 3.32. The summed E-state index contributed by atoms with van der Waals surface area (Å²) in [6.07, 6.45) is 4.51. The van der Waals surface area contributed by atoms with Crippen molar-refractivity contribution >= 4 is 55.8 Å². The second-order valence-corrected chi connectivity index (χ2v) is 12.3. The Hall–Kier alpha value is -4.58. The Morgan fingerprint density at radius 2 is 1.53 bits per heavy atom. The molecule has 0 saturated heterocycles. The highest BCUT2D eigenvalue weighted by Gasteiger charge is 2.24. The Kier molecular flexibility index (Phi) is 9.33. The first-order valence-corrected chi connectivity index (χ1v) is 15.9. The number of hydrogen-bond acceptors (Lipinski definition) is 5. The Bertz CT molecular complexity index is 1970. The van der Waals surface area contributed by atoms with Crippen LogP contribution in [0.5, 0.6) is 0 Å². The fourth-order valence-electron chi connectivity index (χ4n) is 6.71. The van der Waals surface area contributed by atoms with E-state index < -0.39 is 5.97 Å². The molecule has 0 aliphatic carbocycles. The number of carbonyl (C=O) groups is 3. The van der Waals surface area contributed by atoms with E-state index in [0.29, 0.717) is 17.0 Å². The highest BCUT2D eigenvalue weighted by atomic mass is 16.7. The summed E-state index contributed by atoms with van der Waals surface area (Å²) in [4.78, 5) is 43.8. The predicted molar refractivity (Wildman–Crippen MR) is 184 cm³/mol. The molecule has 0 amide bonds. The van der Waals surface area contributed by atoms with E-state index in [1.807, 2.05) is 63.2 Å². The summed E-state index contributed by atoms with van der Waals surface area (Å²) in [5.74, 6) is -0.426. The Balaban J connectivity index is 1.81. The van der Waals surface area contributed by atoms with Crippen LogP contribution in [-0.2, 0) is 16.2 Å². The van der Waals surface area contributed by atoms with E-state index in [4.69, 9.17) is 4.84 Å². The van der Waals surface area contributed by atoms with Gasteiger partial charge in [-0.3, -0.25) is 9.59 Å². The van der Waals surface area contributed by atoms with Crippen molar-refractivity contribution in [2.75, 3.05) is 0 Å². The van der Waals surface area contributed by atoms with E-state index in [1.54, 1.807) is 0 Å². The van der Waals surface area contributed by atoms with Gasteiger partial charge in [-0.05, 0) is 80.8 Å². The molecule has 1 aromatic heterocycles. The molecule has 0 radical (unpaired) electrons. The van der Waals surface area contributed by atoms with Gasteiger partial charge in [0.05, 0.1) is 5.52 Å². The molecule has 1 heterocycles. The first-order valence-electron chi connectivity index (χ1n) is 15.9. The minimum absolute atomic E-state index is 0.00466. The second kappa shape index (κ2) is 13.2. The number of unbranched alkanes of at least 4 members (excludes halogenated alkanes) is 1. The quantitative estimate of drug-likeness (QED) is 0.0653. The summed E-state index contributed by atoms with van der Waals surface area (Å²) in [7, 11) is 0. The number of aryl methyl sites for hydroxylation is 3. The largest absolute Gasteiger partial charge is 0.340 e. The maximum Gasteiger partial charge on any atom is 0.331 e. The molecule has 0 spiro atoms. The number of hydrogen-bond donors (Lipinski definition) is 0. The zero-order valence-corrected chi connectivity index (χ0v) is 27.4. The van der Waals surface area contributed by atoms with Crippen molar-refractivity contribution in [1.82, 2.24) is 4.57 Å². The van der Waals surface area contributed by atoms with Crippen molar-refractivity contribution in [3.05, 3.63) is 94.0 Å². The second-order valence-electron chi connectivity index (χ2n) is 12.3. The zero-order valence-electron chi connectivity index (χ0n) is 27.4. The van der Waals surface area contributed by atoms with Gasteiger partial charge in [0.15, 0.2) is 5.78 Å². The van der Waals surface area contributed by atoms with Gasteiger partial charge >= 0.3 is 5.97 Å². The number of Topliss-reactive ketones (excluding diaryl/α,β-unsaturated/α-hetero) is 1.